The maximum absolute atomic E-state index is 13.2. The van der Waals surface area contributed by atoms with E-state index in [1.807, 2.05) is 4.90 Å². The zero-order valence-corrected chi connectivity index (χ0v) is 15.6. The molecule has 1 aromatic heterocycles. The van der Waals surface area contributed by atoms with Gasteiger partial charge in [0.2, 0.25) is 0 Å². The number of piperazine rings is 1. The van der Waals surface area contributed by atoms with Gasteiger partial charge < -0.3 is 14.5 Å². The highest BCUT2D eigenvalue weighted by molar-refractivity contribution is 7.22. The molecule has 1 saturated heterocycles. The first-order valence-electron chi connectivity index (χ1n) is 8.24. The Morgan fingerprint density at radius 2 is 1.81 bits per heavy atom. The number of fused-ring (bicyclic) bond motifs is 1. The van der Waals surface area contributed by atoms with E-state index in [2.05, 4.69) is 4.98 Å². The fourth-order valence-electron chi connectivity index (χ4n) is 2.70. The summed E-state index contributed by atoms with van der Waals surface area (Å²) in [4.78, 5) is 20.0. The number of rotatable bonds is 1. The molecule has 142 valence electrons. The van der Waals surface area contributed by atoms with Gasteiger partial charge in [0.25, 0.3) is 0 Å². The largest absolute Gasteiger partial charge is 0.444 e. The third kappa shape index (κ3) is 4.03. The number of carbonyl (C=O) groups is 1. The van der Waals surface area contributed by atoms with E-state index < -0.39 is 17.3 Å². The standard InChI is InChI=1S/C17H20F3N3O2S/c1-16(2,3)25-15(24)23-9-7-22(8-10-23)14-21-12-6-4-5-11(13(12)26-14)17(18,19)20/h4-6H,7-10H2,1-3H3. The molecular formula is C17H20F3N3O2S. The van der Waals surface area contributed by atoms with Gasteiger partial charge in [-0.05, 0) is 32.9 Å². The molecule has 1 aliphatic rings. The minimum absolute atomic E-state index is 0.143. The van der Waals surface area contributed by atoms with Gasteiger partial charge in [0.1, 0.15) is 5.60 Å². The first-order chi connectivity index (χ1) is 12.0. The maximum atomic E-state index is 13.2. The fraction of sp³-hybridized carbons (Fsp3) is 0.529. The highest BCUT2D eigenvalue weighted by atomic mass is 32.1. The molecule has 3 rings (SSSR count). The van der Waals surface area contributed by atoms with Crippen molar-refractivity contribution in [2.45, 2.75) is 32.5 Å². The van der Waals surface area contributed by atoms with E-state index in [-0.39, 0.29) is 10.8 Å². The summed E-state index contributed by atoms with van der Waals surface area (Å²) in [6.07, 6.45) is -4.78. The first-order valence-corrected chi connectivity index (χ1v) is 9.06. The lowest BCUT2D eigenvalue weighted by atomic mass is 10.2. The topological polar surface area (TPSA) is 45.7 Å². The maximum Gasteiger partial charge on any atom is 0.417 e. The first kappa shape index (κ1) is 18.8. The van der Waals surface area contributed by atoms with Crippen LogP contribution < -0.4 is 4.90 Å². The Morgan fingerprint density at radius 3 is 2.38 bits per heavy atom. The van der Waals surface area contributed by atoms with Gasteiger partial charge in [-0.25, -0.2) is 9.78 Å². The second-order valence-corrected chi connectivity index (χ2v) is 8.08. The van der Waals surface area contributed by atoms with Crippen molar-refractivity contribution in [2.75, 3.05) is 31.1 Å². The molecule has 2 heterocycles. The van der Waals surface area contributed by atoms with Gasteiger partial charge in [-0.3, -0.25) is 0 Å². The monoisotopic (exact) mass is 387 g/mol. The summed E-state index contributed by atoms with van der Waals surface area (Å²) in [7, 11) is 0. The minimum atomic E-state index is -4.40. The van der Waals surface area contributed by atoms with Crippen molar-refractivity contribution < 1.29 is 22.7 Å². The predicted molar refractivity (Wildman–Crippen MR) is 94.6 cm³/mol. The van der Waals surface area contributed by atoms with E-state index >= 15 is 0 Å². The lowest BCUT2D eigenvalue weighted by Gasteiger charge is -2.35. The number of ether oxygens (including phenoxy) is 1. The number of nitrogens with zero attached hydrogens (tertiary/aromatic N) is 3. The van der Waals surface area contributed by atoms with Crippen LogP contribution in [0.3, 0.4) is 0 Å². The van der Waals surface area contributed by atoms with Crippen LogP contribution in [0.4, 0.5) is 23.1 Å². The summed E-state index contributed by atoms with van der Waals surface area (Å²) < 4.78 is 44.9. The Labute approximate surface area is 153 Å². The lowest BCUT2D eigenvalue weighted by Crippen LogP contribution is -2.50. The summed E-state index contributed by atoms with van der Waals surface area (Å²) in [5, 5.41) is 0.542. The minimum Gasteiger partial charge on any atom is -0.444 e. The number of anilines is 1. The van der Waals surface area contributed by atoms with Gasteiger partial charge in [0, 0.05) is 26.2 Å². The Morgan fingerprint density at radius 1 is 1.15 bits per heavy atom. The quantitative estimate of drug-likeness (QED) is 0.729. The molecule has 0 N–H and O–H groups in total. The molecule has 5 nitrogen and oxygen atoms in total. The number of hydrogen-bond donors (Lipinski definition) is 0. The Hall–Kier alpha value is -2.03. The van der Waals surface area contributed by atoms with Crippen LogP contribution in [0, 0.1) is 0 Å². The second kappa shape index (κ2) is 6.61. The number of carbonyl (C=O) groups excluding carboxylic acids is 1. The molecule has 0 saturated carbocycles. The highest BCUT2D eigenvalue weighted by Crippen LogP contribution is 2.39. The normalized spacial score (nSPS) is 16.2. The number of benzene rings is 1. The third-order valence-corrected chi connectivity index (χ3v) is 5.08. The zero-order chi connectivity index (χ0) is 19.1. The molecule has 0 aliphatic carbocycles. The molecule has 1 amide bonds. The van der Waals surface area contributed by atoms with Gasteiger partial charge in [0.05, 0.1) is 15.8 Å². The Kier molecular flexibility index (Phi) is 4.76. The number of halogens is 3. The van der Waals surface area contributed by atoms with Crippen molar-refractivity contribution >= 4 is 32.8 Å². The van der Waals surface area contributed by atoms with E-state index in [4.69, 9.17) is 4.74 Å². The average Bonchev–Trinajstić information content (AvgIpc) is 2.96. The van der Waals surface area contributed by atoms with Crippen molar-refractivity contribution in [3.8, 4) is 0 Å². The lowest BCUT2D eigenvalue weighted by molar-refractivity contribution is -0.136. The average molecular weight is 387 g/mol. The molecule has 0 bridgehead atoms. The van der Waals surface area contributed by atoms with Crippen LogP contribution in [0.25, 0.3) is 10.2 Å². The summed E-state index contributed by atoms with van der Waals surface area (Å²) >= 11 is 1.04. The van der Waals surface area contributed by atoms with E-state index in [9.17, 15) is 18.0 Å². The molecule has 2 aromatic rings. The van der Waals surface area contributed by atoms with E-state index in [0.717, 1.165) is 17.4 Å². The second-order valence-electron chi connectivity index (χ2n) is 7.10. The summed E-state index contributed by atoms with van der Waals surface area (Å²) in [5.41, 5.74) is -0.879. The molecule has 0 unspecified atom stereocenters. The summed E-state index contributed by atoms with van der Waals surface area (Å²) in [5.74, 6) is 0. The number of thiazole rings is 1. The zero-order valence-electron chi connectivity index (χ0n) is 14.8. The molecule has 0 radical (unpaired) electrons. The number of amides is 1. The van der Waals surface area contributed by atoms with Crippen LogP contribution >= 0.6 is 11.3 Å². The van der Waals surface area contributed by atoms with Gasteiger partial charge in [-0.15, -0.1) is 0 Å². The van der Waals surface area contributed by atoms with Crippen molar-refractivity contribution in [1.82, 2.24) is 9.88 Å². The smallest absolute Gasteiger partial charge is 0.417 e. The molecule has 0 atom stereocenters. The third-order valence-electron chi connectivity index (χ3n) is 3.91. The van der Waals surface area contributed by atoms with E-state index in [1.54, 1.807) is 31.7 Å². The van der Waals surface area contributed by atoms with E-state index in [0.29, 0.717) is 36.8 Å². The van der Waals surface area contributed by atoms with Crippen molar-refractivity contribution in [3.63, 3.8) is 0 Å². The van der Waals surface area contributed by atoms with E-state index in [1.165, 1.54) is 6.07 Å². The van der Waals surface area contributed by atoms with Crippen LogP contribution in [0.5, 0.6) is 0 Å². The molecule has 1 aliphatic heterocycles. The SMILES string of the molecule is CC(C)(C)OC(=O)N1CCN(c2nc3cccc(C(F)(F)F)c3s2)CC1. The molecular weight excluding hydrogens is 367 g/mol. The summed E-state index contributed by atoms with van der Waals surface area (Å²) in [6.45, 7) is 7.30. The van der Waals surface area contributed by atoms with Crippen LogP contribution in [-0.2, 0) is 10.9 Å². The highest BCUT2D eigenvalue weighted by Gasteiger charge is 2.34. The summed E-state index contributed by atoms with van der Waals surface area (Å²) in [6, 6.07) is 4.03. The number of alkyl halides is 3. The molecule has 0 spiro atoms. The van der Waals surface area contributed by atoms with Gasteiger partial charge >= 0.3 is 12.3 Å². The Bertz CT molecular complexity index is 806. The molecule has 9 heteroatoms. The molecule has 26 heavy (non-hydrogen) atoms. The van der Waals surface area contributed by atoms with Crippen LogP contribution in [0.1, 0.15) is 26.3 Å². The fourth-order valence-corrected chi connectivity index (χ4v) is 3.85. The van der Waals surface area contributed by atoms with Crippen LogP contribution in [0.2, 0.25) is 0 Å². The van der Waals surface area contributed by atoms with Crippen LogP contribution in [0.15, 0.2) is 18.2 Å². The molecule has 1 fully saturated rings. The van der Waals surface area contributed by atoms with Crippen molar-refractivity contribution in [3.05, 3.63) is 23.8 Å². The van der Waals surface area contributed by atoms with Gasteiger partial charge in [0.15, 0.2) is 5.13 Å². The predicted octanol–water partition coefficient (Wildman–Crippen LogP) is 4.37. The molecule has 1 aromatic carbocycles. The van der Waals surface area contributed by atoms with Crippen molar-refractivity contribution in [2.24, 2.45) is 0 Å². The van der Waals surface area contributed by atoms with Crippen LogP contribution in [-0.4, -0.2) is 47.8 Å². The number of hydrogen-bond acceptors (Lipinski definition) is 5. The van der Waals surface area contributed by atoms with Gasteiger partial charge in [-0.2, -0.15) is 13.2 Å². The number of aromatic nitrogens is 1. The Balaban J connectivity index is 1.73. The van der Waals surface area contributed by atoms with Gasteiger partial charge in [-0.1, -0.05) is 17.4 Å². The van der Waals surface area contributed by atoms with Crippen molar-refractivity contribution in [1.29, 1.82) is 0 Å².